The number of hydrogen-bond donors (Lipinski definition) is 1. The number of hydrogen-bond acceptors (Lipinski definition) is 4. The van der Waals surface area contributed by atoms with Gasteiger partial charge in [-0.05, 0) is 37.1 Å². The van der Waals surface area contributed by atoms with Crippen LogP contribution in [0.15, 0.2) is 53.1 Å². The maximum Gasteiger partial charge on any atom is 0.244 e. The van der Waals surface area contributed by atoms with Crippen LogP contribution < -0.4 is 5.32 Å². The number of rotatable bonds is 7. The number of nitrogens with one attached hydrogen (secondary N) is 1. The van der Waals surface area contributed by atoms with Gasteiger partial charge in [0.05, 0.1) is 13.0 Å². The fraction of sp³-hybridized carbons (Fsp3) is 0.286. The van der Waals surface area contributed by atoms with Crippen molar-refractivity contribution in [3.8, 4) is 0 Å². The summed E-state index contributed by atoms with van der Waals surface area (Å²) in [6.45, 7) is 4.43. The third-order valence-electron chi connectivity index (χ3n) is 4.37. The van der Waals surface area contributed by atoms with Gasteiger partial charge in [0.1, 0.15) is 5.69 Å². The van der Waals surface area contributed by atoms with Gasteiger partial charge in [-0.25, -0.2) is 0 Å². The summed E-state index contributed by atoms with van der Waals surface area (Å²) in [4.78, 5) is 26.8. The Kier molecular flexibility index (Phi) is 5.86. The number of carbonyl (C=O) groups excluding carboxylic acids is 2. The monoisotopic (exact) mass is 365 g/mol. The average Bonchev–Trinajstić information content (AvgIpc) is 3.06. The van der Waals surface area contributed by atoms with E-state index in [0.29, 0.717) is 17.8 Å². The van der Waals surface area contributed by atoms with Crippen molar-refractivity contribution in [2.75, 3.05) is 18.4 Å². The Balaban J connectivity index is 1.68. The van der Waals surface area contributed by atoms with Crippen molar-refractivity contribution in [3.63, 3.8) is 0 Å². The summed E-state index contributed by atoms with van der Waals surface area (Å²) >= 11 is 0. The number of para-hydroxylation sites is 2. The van der Waals surface area contributed by atoms with Crippen LogP contribution in [0, 0.1) is 6.92 Å². The van der Waals surface area contributed by atoms with Crippen molar-refractivity contribution in [2.24, 2.45) is 0 Å². The molecule has 0 aliphatic carbocycles. The average molecular weight is 365 g/mol. The molecule has 0 radical (unpaired) electrons. The van der Waals surface area contributed by atoms with Crippen molar-refractivity contribution < 1.29 is 14.1 Å². The molecule has 0 saturated carbocycles. The van der Waals surface area contributed by atoms with E-state index in [1.54, 1.807) is 4.90 Å². The molecule has 27 heavy (non-hydrogen) atoms. The molecular weight excluding hydrogens is 342 g/mol. The number of aromatic nitrogens is 1. The molecule has 2 amide bonds. The lowest BCUT2D eigenvalue weighted by atomic mass is 10.1. The van der Waals surface area contributed by atoms with E-state index in [1.807, 2.05) is 62.4 Å². The number of nitrogens with zero attached hydrogens (tertiary/aromatic N) is 2. The Labute approximate surface area is 158 Å². The van der Waals surface area contributed by atoms with Crippen LogP contribution in [0.25, 0.3) is 11.0 Å². The topological polar surface area (TPSA) is 75.4 Å². The number of amides is 2. The third kappa shape index (κ3) is 4.53. The van der Waals surface area contributed by atoms with Crippen LogP contribution in [0.1, 0.15) is 24.6 Å². The Morgan fingerprint density at radius 3 is 2.63 bits per heavy atom. The van der Waals surface area contributed by atoms with Gasteiger partial charge in [-0.3, -0.25) is 9.59 Å². The zero-order chi connectivity index (χ0) is 19.2. The lowest BCUT2D eigenvalue weighted by molar-refractivity contribution is -0.134. The summed E-state index contributed by atoms with van der Waals surface area (Å²) in [5, 5.41) is 7.71. The largest absolute Gasteiger partial charge is 0.356 e. The van der Waals surface area contributed by atoms with Crippen LogP contribution >= 0.6 is 0 Å². The summed E-state index contributed by atoms with van der Waals surface area (Å²) in [5.41, 5.74) is 2.98. The van der Waals surface area contributed by atoms with Gasteiger partial charge in [0.15, 0.2) is 5.58 Å². The molecule has 1 heterocycles. The van der Waals surface area contributed by atoms with Crippen LogP contribution in [-0.4, -0.2) is 35.0 Å². The van der Waals surface area contributed by atoms with E-state index in [-0.39, 0.29) is 24.8 Å². The SMILES string of the molecule is CCCN(CC(=O)Nc1ccccc1C)C(=O)Cc1noc2ccccc12. The van der Waals surface area contributed by atoms with Crippen LogP contribution in [0.4, 0.5) is 5.69 Å². The second-order valence-corrected chi connectivity index (χ2v) is 6.48. The van der Waals surface area contributed by atoms with Gasteiger partial charge in [0.25, 0.3) is 0 Å². The van der Waals surface area contributed by atoms with E-state index < -0.39 is 0 Å². The Bertz CT molecular complexity index is 949. The van der Waals surface area contributed by atoms with Crippen LogP contribution in [-0.2, 0) is 16.0 Å². The van der Waals surface area contributed by atoms with Gasteiger partial charge in [-0.15, -0.1) is 0 Å². The van der Waals surface area contributed by atoms with Gasteiger partial charge < -0.3 is 14.7 Å². The molecule has 0 spiro atoms. The molecule has 3 aromatic rings. The molecule has 6 nitrogen and oxygen atoms in total. The van der Waals surface area contributed by atoms with Crippen molar-refractivity contribution >= 4 is 28.5 Å². The lowest BCUT2D eigenvalue weighted by Gasteiger charge is -2.21. The molecule has 0 atom stereocenters. The number of benzene rings is 2. The first kappa shape index (κ1) is 18.6. The molecule has 140 valence electrons. The van der Waals surface area contributed by atoms with Gasteiger partial charge in [0.2, 0.25) is 11.8 Å². The van der Waals surface area contributed by atoms with E-state index in [0.717, 1.165) is 23.1 Å². The summed E-state index contributed by atoms with van der Waals surface area (Å²) in [7, 11) is 0. The fourth-order valence-corrected chi connectivity index (χ4v) is 2.96. The second kappa shape index (κ2) is 8.49. The summed E-state index contributed by atoms with van der Waals surface area (Å²) in [6.07, 6.45) is 0.873. The van der Waals surface area contributed by atoms with Crippen LogP contribution in [0.2, 0.25) is 0 Å². The predicted octanol–water partition coefficient (Wildman–Crippen LogP) is 3.56. The molecule has 6 heteroatoms. The highest BCUT2D eigenvalue weighted by Crippen LogP contribution is 2.19. The van der Waals surface area contributed by atoms with Crippen LogP contribution in [0.5, 0.6) is 0 Å². The maximum absolute atomic E-state index is 12.8. The minimum atomic E-state index is -0.212. The normalized spacial score (nSPS) is 10.7. The van der Waals surface area contributed by atoms with Gasteiger partial charge in [0, 0.05) is 17.6 Å². The summed E-state index contributed by atoms with van der Waals surface area (Å²) in [5.74, 6) is -0.355. The zero-order valence-corrected chi connectivity index (χ0v) is 15.6. The highest BCUT2D eigenvalue weighted by atomic mass is 16.5. The van der Waals surface area contributed by atoms with Crippen molar-refractivity contribution in [1.29, 1.82) is 0 Å². The molecule has 0 fully saturated rings. The number of anilines is 1. The third-order valence-corrected chi connectivity index (χ3v) is 4.37. The predicted molar refractivity (Wildman–Crippen MR) is 104 cm³/mol. The molecule has 0 aliphatic rings. The molecule has 0 saturated heterocycles. The minimum Gasteiger partial charge on any atom is -0.356 e. The van der Waals surface area contributed by atoms with Gasteiger partial charge in [-0.1, -0.05) is 42.4 Å². The van der Waals surface area contributed by atoms with Gasteiger partial charge >= 0.3 is 0 Å². The molecule has 0 unspecified atom stereocenters. The fourth-order valence-electron chi connectivity index (χ4n) is 2.96. The van der Waals surface area contributed by atoms with Crippen molar-refractivity contribution in [1.82, 2.24) is 10.1 Å². The van der Waals surface area contributed by atoms with E-state index in [2.05, 4.69) is 10.5 Å². The van der Waals surface area contributed by atoms with E-state index in [4.69, 9.17) is 4.52 Å². The lowest BCUT2D eigenvalue weighted by Crippen LogP contribution is -2.39. The highest BCUT2D eigenvalue weighted by Gasteiger charge is 2.20. The quantitative estimate of drug-likeness (QED) is 0.695. The molecular formula is C21H23N3O3. The first-order valence-corrected chi connectivity index (χ1v) is 9.05. The Hall–Kier alpha value is -3.15. The summed E-state index contributed by atoms with van der Waals surface area (Å²) < 4.78 is 5.26. The Morgan fingerprint density at radius 1 is 1.11 bits per heavy atom. The Morgan fingerprint density at radius 2 is 1.85 bits per heavy atom. The maximum atomic E-state index is 12.8. The standard InChI is InChI=1S/C21H23N3O3/c1-3-12-24(14-20(25)22-17-10-6-4-8-15(17)2)21(26)13-18-16-9-5-7-11-19(16)27-23-18/h4-11H,3,12-14H2,1-2H3,(H,22,25). The van der Waals surface area contributed by atoms with E-state index in [9.17, 15) is 9.59 Å². The molecule has 0 aliphatic heterocycles. The smallest absolute Gasteiger partial charge is 0.244 e. The first-order chi connectivity index (χ1) is 13.1. The number of carbonyl (C=O) groups is 2. The molecule has 1 N–H and O–H groups in total. The van der Waals surface area contributed by atoms with Crippen molar-refractivity contribution in [3.05, 3.63) is 59.8 Å². The summed E-state index contributed by atoms with van der Waals surface area (Å²) in [6, 6.07) is 15.0. The van der Waals surface area contributed by atoms with Crippen molar-refractivity contribution in [2.45, 2.75) is 26.7 Å². The van der Waals surface area contributed by atoms with E-state index >= 15 is 0 Å². The molecule has 1 aromatic heterocycles. The second-order valence-electron chi connectivity index (χ2n) is 6.48. The van der Waals surface area contributed by atoms with Gasteiger partial charge in [-0.2, -0.15) is 0 Å². The first-order valence-electron chi connectivity index (χ1n) is 9.05. The molecule has 3 rings (SSSR count). The number of fused-ring (bicyclic) bond motifs is 1. The van der Waals surface area contributed by atoms with Crippen LogP contribution in [0.3, 0.4) is 0 Å². The minimum absolute atomic E-state index is 0.0107. The van der Waals surface area contributed by atoms with E-state index in [1.165, 1.54) is 0 Å². The number of aryl methyl sites for hydroxylation is 1. The molecule has 0 bridgehead atoms. The zero-order valence-electron chi connectivity index (χ0n) is 15.6. The highest BCUT2D eigenvalue weighted by molar-refractivity contribution is 5.95. The molecule has 2 aromatic carbocycles.